The molecule has 0 spiro atoms. The van der Waals surface area contributed by atoms with E-state index >= 15 is 0 Å². The summed E-state index contributed by atoms with van der Waals surface area (Å²) < 4.78 is 18.7. The summed E-state index contributed by atoms with van der Waals surface area (Å²) in [6, 6.07) is 5.78. The predicted molar refractivity (Wildman–Crippen MR) is 70.6 cm³/mol. The lowest BCUT2D eigenvalue weighted by Crippen LogP contribution is -2.02. The molecule has 0 amide bonds. The van der Waals surface area contributed by atoms with Gasteiger partial charge in [0.05, 0.1) is 11.1 Å². The van der Waals surface area contributed by atoms with Gasteiger partial charge in [-0.25, -0.2) is 4.39 Å². The first kappa shape index (κ1) is 13.8. The molecule has 0 bridgehead atoms. The van der Waals surface area contributed by atoms with Gasteiger partial charge in [0.2, 0.25) is 0 Å². The minimum absolute atomic E-state index is 0.229. The zero-order valence-electron chi connectivity index (χ0n) is 10.3. The number of hydrogen-bond acceptors (Lipinski definition) is 3. The fraction of sp³-hybridized carbons (Fsp3) is 0.214. The molecule has 0 aliphatic heterocycles. The summed E-state index contributed by atoms with van der Waals surface area (Å²) in [5.74, 6) is 0.0227. The topological polar surface area (TPSA) is 42.4 Å². The number of aromatic nitrogens is 1. The second-order valence-corrected chi connectivity index (χ2v) is 4.52. The van der Waals surface area contributed by atoms with E-state index in [9.17, 15) is 9.50 Å². The molecule has 0 aliphatic carbocycles. The molecule has 2 rings (SSSR count). The van der Waals surface area contributed by atoms with E-state index in [-0.39, 0.29) is 6.61 Å². The molecule has 0 unspecified atom stereocenters. The molecule has 1 heterocycles. The van der Waals surface area contributed by atoms with Gasteiger partial charge in [0.1, 0.15) is 18.2 Å². The molecule has 100 valence electrons. The normalized spacial score (nSPS) is 12.2. The van der Waals surface area contributed by atoms with Crippen LogP contribution in [0.4, 0.5) is 4.39 Å². The monoisotopic (exact) mass is 281 g/mol. The lowest BCUT2D eigenvalue weighted by atomic mass is 10.1. The molecule has 2 aromatic rings. The van der Waals surface area contributed by atoms with E-state index in [1.807, 2.05) is 0 Å². The number of rotatable bonds is 4. The average Bonchev–Trinajstić information content (AvgIpc) is 2.38. The van der Waals surface area contributed by atoms with Crippen LogP contribution >= 0.6 is 11.6 Å². The van der Waals surface area contributed by atoms with Gasteiger partial charge in [0.25, 0.3) is 0 Å². The average molecular weight is 282 g/mol. The molecular weight excluding hydrogens is 269 g/mol. The number of aliphatic hydroxyl groups is 1. The van der Waals surface area contributed by atoms with E-state index in [4.69, 9.17) is 16.3 Å². The smallest absolute Gasteiger partial charge is 0.125 e. The van der Waals surface area contributed by atoms with Crippen LogP contribution in [0, 0.1) is 5.82 Å². The third kappa shape index (κ3) is 3.43. The summed E-state index contributed by atoms with van der Waals surface area (Å²) in [5.41, 5.74) is 1.18. The summed E-state index contributed by atoms with van der Waals surface area (Å²) in [6.07, 6.45) is 2.34. The maximum Gasteiger partial charge on any atom is 0.125 e. The number of aliphatic hydroxyl groups excluding tert-OH is 1. The van der Waals surface area contributed by atoms with Crippen LogP contribution in [0.2, 0.25) is 5.02 Å². The summed E-state index contributed by atoms with van der Waals surface area (Å²) in [7, 11) is 0. The van der Waals surface area contributed by atoms with Gasteiger partial charge in [0, 0.05) is 23.5 Å². The Balaban J connectivity index is 2.18. The molecule has 19 heavy (non-hydrogen) atoms. The molecule has 1 atom stereocenters. The van der Waals surface area contributed by atoms with E-state index in [0.29, 0.717) is 16.3 Å². The third-order valence-corrected chi connectivity index (χ3v) is 3.00. The highest BCUT2D eigenvalue weighted by Gasteiger charge is 2.11. The van der Waals surface area contributed by atoms with E-state index in [0.717, 1.165) is 5.56 Å². The largest absolute Gasteiger partial charge is 0.488 e. The van der Waals surface area contributed by atoms with Crippen molar-refractivity contribution in [2.24, 2.45) is 0 Å². The summed E-state index contributed by atoms with van der Waals surface area (Å²) in [4.78, 5) is 3.88. The Morgan fingerprint density at radius 3 is 2.89 bits per heavy atom. The quantitative estimate of drug-likeness (QED) is 0.932. The highest BCUT2D eigenvalue weighted by atomic mass is 35.5. The highest BCUT2D eigenvalue weighted by molar-refractivity contribution is 6.31. The molecule has 0 fully saturated rings. The predicted octanol–water partition coefficient (Wildman–Crippen LogP) is 3.51. The molecule has 5 heteroatoms. The van der Waals surface area contributed by atoms with Crippen LogP contribution in [0.25, 0.3) is 0 Å². The first-order valence-electron chi connectivity index (χ1n) is 5.76. The molecular formula is C14H13ClFNO2. The Kier molecular flexibility index (Phi) is 4.35. The van der Waals surface area contributed by atoms with Crippen molar-refractivity contribution < 1.29 is 14.2 Å². The Labute approximate surface area is 115 Å². The van der Waals surface area contributed by atoms with Crippen molar-refractivity contribution in [3.8, 4) is 5.75 Å². The maximum atomic E-state index is 13.1. The molecule has 0 saturated heterocycles. The molecule has 1 aromatic carbocycles. The third-order valence-electron chi connectivity index (χ3n) is 2.66. The molecule has 3 nitrogen and oxygen atoms in total. The molecule has 0 aliphatic rings. The van der Waals surface area contributed by atoms with E-state index in [1.54, 1.807) is 19.2 Å². The lowest BCUT2D eigenvalue weighted by Gasteiger charge is -2.14. The van der Waals surface area contributed by atoms with Crippen molar-refractivity contribution >= 4 is 11.6 Å². The highest BCUT2D eigenvalue weighted by Crippen LogP contribution is 2.27. The van der Waals surface area contributed by atoms with Crippen LogP contribution < -0.4 is 4.74 Å². The fourth-order valence-electron chi connectivity index (χ4n) is 1.65. The van der Waals surface area contributed by atoms with Gasteiger partial charge in [-0.1, -0.05) is 11.6 Å². The summed E-state index contributed by atoms with van der Waals surface area (Å²) in [6.45, 7) is 1.79. The zero-order valence-corrected chi connectivity index (χ0v) is 11.1. The first-order chi connectivity index (χ1) is 9.08. The SMILES string of the molecule is C[C@@H](O)c1cc(F)ccc1OCc1ccncc1Cl. The number of benzene rings is 1. The maximum absolute atomic E-state index is 13.1. The number of ether oxygens (including phenoxy) is 1. The van der Waals surface area contributed by atoms with Gasteiger partial charge in [-0.2, -0.15) is 0 Å². The van der Waals surface area contributed by atoms with Crippen LogP contribution in [-0.2, 0) is 6.61 Å². The minimum Gasteiger partial charge on any atom is -0.488 e. The Morgan fingerprint density at radius 2 is 2.21 bits per heavy atom. The number of halogens is 2. The first-order valence-corrected chi connectivity index (χ1v) is 6.14. The van der Waals surface area contributed by atoms with Crippen LogP contribution in [0.15, 0.2) is 36.7 Å². The van der Waals surface area contributed by atoms with Gasteiger partial charge in [-0.05, 0) is 31.2 Å². The van der Waals surface area contributed by atoms with Crippen molar-refractivity contribution in [2.45, 2.75) is 19.6 Å². The number of pyridine rings is 1. The van der Waals surface area contributed by atoms with Gasteiger partial charge in [0.15, 0.2) is 0 Å². The lowest BCUT2D eigenvalue weighted by molar-refractivity contribution is 0.189. The van der Waals surface area contributed by atoms with Crippen molar-refractivity contribution in [3.63, 3.8) is 0 Å². The molecule has 0 radical (unpaired) electrons. The van der Waals surface area contributed by atoms with Gasteiger partial charge < -0.3 is 9.84 Å². The van der Waals surface area contributed by atoms with Crippen molar-refractivity contribution in [1.82, 2.24) is 4.98 Å². The van der Waals surface area contributed by atoms with E-state index < -0.39 is 11.9 Å². The van der Waals surface area contributed by atoms with E-state index in [2.05, 4.69) is 4.98 Å². The minimum atomic E-state index is -0.807. The van der Waals surface area contributed by atoms with Crippen LogP contribution in [0.1, 0.15) is 24.2 Å². The van der Waals surface area contributed by atoms with Crippen LogP contribution in [-0.4, -0.2) is 10.1 Å². The Morgan fingerprint density at radius 1 is 1.42 bits per heavy atom. The van der Waals surface area contributed by atoms with Crippen LogP contribution in [0.3, 0.4) is 0 Å². The van der Waals surface area contributed by atoms with Gasteiger partial charge in [-0.3, -0.25) is 4.98 Å². The number of hydrogen-bond donors (Lipinski definition) is 1. The van der Waals surface area contributed by atoms with Crippen LogP contribution in [0.5, 0.6) is 5.75 Å². The fourth-order valence-corrected chi connectivity index (χ4v) is 1.83. The van der Waals surface area contributed by atoms with Crippen molar-refractivity contribution in [2.75, 3.05) is 0 Å². The molecule has 0 saturated carbocycles. The van der Waals surface area contributed by atoms with Gasteiger partial charge in [-0.15, -0.1) is 0 Å². The van der Waals surface area contributed by atoms with E-state index in [1.165, 1.54) is 24.4 Å². The standard InChI is InChI=1S/C14H13ClFNO2/c1-9(18)12-6-11(16)2-3-14(12)19-8-10-4-5-17-7-13(10)15/h2-7,9,18H,8H2,1H3/t9-/m1/s1. The molecule has 1 aromatic heterocycles. The Hall–Kier alpha value is -1.65. The zero-order chi connectivity index (χ0) is 13.8. The van der Waals surface area contributed by atoms with Crippen molar-refractivity contribution in [1.29, 1.82) is 0 Å². The second-order valence-electron chi connectivity index (χ2n) is 4.11. The second kappa shape index (κ2) is 5.99. The summed E-state index contributed by atoms with van der Waals surface area (Å²) in [5, 5.41) is 10.1. The van der Waals surface area contributed by atoms with Crippen molar-refractivity contribution in [3.05, 3.63) is 58.6 Å². The Bertz CT molecular complexity index is 575. The van der Waals surface area contributed by atoms with Gasteiger partial charge >= 0.3 is 0 Å². The number of nitrogens with zero attached hydrogens (tertiary/aromatic N) is 1. The summed E-state index contributed by atoms with van der Waals surface area (Å²) >= 11 is 5.97. The molecule has 1 N–H and O–H groups in total.